The van der Waals surface area contributed by atoms with Crippen LogP contribution < -0.4 is 15.1 Å². The van der Waals surface area contributed by atoms with Gasteiger partial charge in [-0.1, -0.05) is 25.0 Å². The van der Waals surface area contributed by atoms with Crippen LogP contribution in [0.2, 0.25) is 0 Å². The van der Waals surface area contributed by atoms with E-state index in [9.17, 15) is 9.59 Å². The molecule has 2 aliphatic heterocycles. The van der Waals surface area contributed by atoms with Gasteiger partial charge in [0.2, 0.25) is 5.91 Å². The maximum absolute atomic E-state index is 12.9. The number of fused-ring (bicyclic) bond motifs is 2. The van der Waals surface area contributed by atoms with Gasteiger partial charge in [0, 0.05) is 5.92 Å². The first-order chi connectivity index (χ1) is 11.7. The van der Waals surface area contributed by atoms with Crippen LogP contribution in [0.3, 0.4) is 0 Å². The summed E-state index contributed by atoms with van der Waals surface area (Å²) in [7, 11) is 0. The maximum atomic E-state index is 12.9. The van der Waals surface area contributed by atoms with Crippen molar-refractivity contribution in [1.29, 1.82) is 0 Å². The largest absolute Gasteiger partial charge is 0.327 e. The van der Waals surface area contributed by atoms with Gasteiger partial charge in [-0.25, -0.2) is 0 Å². The number of likely N-dealkylation sites (tertiary alicyclic amines) is 1. The SMILES string of the molecule is O=C1CN(C(=O)C[NH+]2CC[C@@H]3CCCC[C@@H]3C2)c2ccccc2N1. The van der Waals surface area contributed by atoms with Gasteiger partial charge >= 0.3 is 0 Å². The molecule has 3 atom stereocenters. The Morgan fingerprint density at radius 1 is 1.17 bits per heavy atom. The zero-order valence-electron chi connectivity index (χ0n) is 14.1. The highest BCUT2D eigenvalue weighted by atomic mass is 16.2. The summed E-state index contributed by atoms with van der Waals surface area (Å²) in [4.78, 5) is 27.8. The minimum atomic E-state index is -0.108. The Bertz CT molecular complexity index is 645. The fraction of sp³-hybridized carbons (Fsp3) is 0.579. The van der Waals surface area contributed by atoms with Crippen molar-refractivity contribution in [3.63, 3.8) is 0 Å². The lowest BCUT2D eigenvalue weighted by atomic mass is 9.75. The van der Waals surface area contributed by atoms with E-state index in [1.807, 2.05) is 24.3 Å². The van der Waals surface area contributed by atoms with Gasteiger partial charge < -0.3 is 10.2 Å². The van der Waals surface area contributed by atoms with Crippen molar-refractivity contribution in [1.82, 2.24) is 0 Å². The van der Waals surface area contributed by atoms with Gasteiger partial charge in [-0.3, -0.25) is 14.5 Å². The van der Waals surface area contributed by atoms with E-state index in [-0.39, 0.29) is 18.4 Å². The molecule has 2 fully saturated rings. The number of hydrogen-bond donors (Lipinski definition) is 2. The van der Waals surface area contributed by atoms with Gasteiger partial charge in [-0.05, 0) is 37.3 Å². The number of para-hydroxylation sites is 2. The third kappa shape index (κ3) is 3.05. The second-order valence-electron chi connectivity index (χ2n) is 7.52. The molecule has 128 valence electrons. The normalized spacial score (nSPS) is 29.4. The van der Waals surface area contributed by atoms with Crippen molar-refractivity contribution in [2.24, 2.45) is 11.8 Å². The van der Waals surface area contributed by atoms with Crippen LogP contribution in [0.5, 0.6) is 0 Å². The molecule has 0 aromatic heterocycles. The molecule has 3 aliphatic rings. The van der Waals surface area contributed by atoms with E-state index in [2.05, 4.69) is 5.32 Å². The fourth-order valence-electron chi connectivity index (χ4n) is 4.72. The third-order valence-corrected chi connectivity index (χ3v) is 5.96. The molecule has 4 rings (SSSR count). The minimum Gasteiger partial charge on any atom is -0.327 e. The molecule has 1 aromatic rings. The number of carbonyl (C=O) groups is 2. The first kappa shape index (κ1) is 15.6. The van der Waals surface area contributed by atoms with Gasteiger partial charge in [0.1, 0.15) is 6.54 Å². The van der Waals surface area contributed by atoms with Gasteiger partial charge in [-0.15, -0.1) is 0 Å². The first-order valence-electron chi connectivity index (χ1n) is 9.23. The number of anilines is 2. The second kappa shape index (κ2) is 6.55. The van der Waals surface area contributed by atoms with Crippen molar-refractivity contribution in [2.45, 2.75) is 32.1 Å². The van der Waals surface area contributed by atoms with Crippen molar-refractivity contribution in [3.05, 3.63) is 24.3 Å². The summed E-state index contributed by atoms with van der Waals surface area (Å²) in [6, 6.07) is 7.56. The van der Waals surface area contributed by atoms with Gasteiger partial charge in [0.05, 0.1) is 24.5 Å². The van der Waals surface area contributed by atoms with Crippen LogP contribution in [-0.2, 0) is 9.59 Å². The molecule has 1 aliphatic carbocycles. The predicted octanol–water partition coefficient (Wildman–Crippen LogP) is 1.07. The molecule has 1 aromatic carbocycles. The molecule has 1 unspecified atom stereocenters. The quantitative estimate of drug-likeness (QED) is 0.853. The lowest BCUT2D eigenvalue weighted by molar-refractivity contribution is -0.902. The van der Waals surface area contributed by atoms with Gasteiger partial charge in [0.15, 0.2) is 6.54 Å². The van der Waals surface area contributed by atoms with Crippen LogP contribution in [0.1, 0.15) is 32.1 Å². The summed E-state index contributed by atoms with van der Waals surface area (Å²) < 4.78 is 0. The molecule has 2 N–H and O–H groups in total. The summed E-state index contributed by atoms with van der Waals surface area (Å²) in [5.74, 6) is 1.65. The average molecular weight is 328 g/mol. The molecule has 2 amide bonds. The number of nitrogens with one attached hydrogen (secondary N) is 2. The molecule has 0 radical (unpaired) electrons. The number of carbonyl (C=O) groups excluding carboxylic acids is 2. The average Bonchev–Trinajstić information content (AvgIpc) is 2.60. The van der Waals surface area contributed by atoms with E-state index in [1.54, 1.807) is 4.90 Å². The Kier molecular flexibility index (Phi) is 4.27. The molecule has 5 heteroatoms. The summed E-state index contributed by atoms with van der Waals surface area (Å²) in [6.07, 6.45) is 6.70. The standard InChI is InChI=1S/C19H25N3O2/c23-18-12-22(17-8-4-3-7-16(17)20-18)19(24)13-21-10-9-14-5-1-2-6-15(14)11-21/h3-4,7-8,14-15H,1-2,5-6,9-13H2,(H,20,23)/p+1/t14-,15+/m0/s1. The molecule has 24 heavy (non-hydrogen) atoms. The molecule has 0 spiro atoms. The molecular weight excluding hydrogens is 302 g/mol. The van der Waals surface area contributed by atoms with Gasteiger partial charge in [-0.2, -0.15) is 0 Å². The lowest BCUT2D eigenvalue weighted by Crippen LogP contribution is -3.15. The number of hydrogen-bond acceptors (Lipinski definition) is 2. The van der Waals surface area contributed by atoms with Crippen LogP contribution in [0.25, 0.3) is 0 Å². The zero-order valence-corrected chi connectivity index (χ0v) is 14.1. The van der Waals surface area contributed by atoms with Crippen molar-refractivity contribution >= 4 is 23.2 Å². The van der Waals surface area contributed by atoms with Crippen LogP contribution >= 0.6 is 0 Å². The number of nitrogens with zero attached hydrogens (tertiary/aromatic N) is 1. The summed E-state index contributed by atoms with van der Waals surface area (Å²) in [6.45, 7) is 2.85. The van der Waals surface area contributed by atoms with Crippen LogP contribution in [0, 0.1) is 11.8 Å². The zero-order chi connectivity index (χ0) is 16.5. The molecule has 5 nitrogen and oxygen atoms in total. The topological polar surface area (TPSA) is 53.9 Å². The smallest absolute Gasteiger partial charge is 0.282 e. The van der Waals surface area contributed by atoms with E-state index >= 15 is 0 Å². The Morgan fingerprint density at radius 2 is 1.96 bits per heavy atom. The highest BCUT2D eigenvalue weighted by Crippen LogP contribution is 2.32. The Hall–Kier alpha value is -1.88. The van der Waals surface area contributed by atoms with E-state index in [0.717, 1.165) is 36.3 Å². The monoisotopic (exact) mass is 328 g/mol. The van der Waals surface area contributed by atoms with Gasteiger partial charge in [0.25, 0.3) is 5.91 Å². The van der Waals surface area contributed by atoms with Crippen LogP contribution in [0.4, 0.5) is 11.4 Å². The summed E-state index contributed by atoms with van der Waals surface area (Å²) in [5, 5.41) is 2.85. The first-order valence-corrected chi connectivity index (χ1v) is 9.23. The van der Waals surface area contributed by atoms with Crippen LogP contribution in [0.15, 0.2) is 24.3 Å². The highest BCUT2D eigenvalue weighted by Gasteiger charge is 2.36. The summed E-state index contributed by atoms with van der Waals surface area (Å²) >= 11 is 0. The van der Waals surface area contributed by atoms with E-state index < -0.39 is 0 Å². The Labute approximate surface area is 143 Å². The van der Waals surface area contributed by atoms with E-state index in [1.165, 1.54) is 37.0 Å². The minimum absolute atomic E-state index is 0.0709. The van der Waals surface area contributed by atoms with Crippen molar-refractivity contribution in [3.8, 4) is 0 Å². The lowest BCUT2D eigenvalue weighted by Gasteiger charge is -2.39. The predicted molar refractivity (Wildman–Crippen MR) is 93.1 cm³/mol. The number of amides is 2. The van der Waals surface area contributed by atoms with Crippen molar-refractivity contribution < 1.29 is 14.5 Å². The highest BCUT2D eigenvalue weighted by molar-refractivity contribution is 6.10. The maximum Gasteiger partial charge on any atom is 0.282 e. The van der Waals surface area contributed by atoms with E-state index in [4.69, 9.17) is 0 Å². The number of rotatable bonds is 2. The number of piperidine rings is 1. The number of benzene rings is 1. The molecule has 0 bridgehead atoms. The Balaban J connectivity index is 1.44. The number of quaternary nitrogens is 1. The molecule has 1 saturated carbocycles. The molecular formula is C19H26N3O2+. The summed E-state index contributed by atoms with van der Waals surface area (Å²) in [5.41, 5.74) is 1.57. The Morgan fingerprint density at radius 3 is 2.83 bits per heavy atom. The molecule has 2 heterocycles. The molecule has 1 saturated heterocycles. The van der Waals surface area contributed by atoms with Crippen LogP contribution in [-0.4, -0.2) is 38.0 Å². The van der Waals surface area contributed by atoms with Crippen molar-refractivity contribution in [2.75, 3.05) is 36.4 Å². The second-order valence-corrected chi connectivity index (χ2v) is 7.52. The van der Waals surface area contributed by atoms with E-state index in [0.29, 0.717) is 6.54 Å². The third-order valence-electron chi connectivity index (χ3n) is 5.96. The fourth-order valence-corrected chi connectivity index (χ4v) is 4.72.